The summed E-state index contributed by atoms with van der Waals surface area (Å²) >= 11 is 6.16. The lowest BCUT2D eigenvalue weighted by Crippen LogP contribution is -2.46. The predicted octanol–water partition coefficient (Wildman–Crippen LogP) is 2.91. The Kier molecular flexibility index (Phi) is 7.95. The Balaban J connectivity index is 1.16. The van der Waals surface area contributed by atoms with Gasteiger partial charge in [0.05, 0.1) is 16.1 Å². The molecule has 2 aliphatic rings. The number of nitrogens with zero attached hydrogens (tertiary/aromatic N) is 3. The zero-order valence-corrected chi connectivity index (χ0v) is 19.8. The molecule has 1 aliphatic heterocycles. The van der Waals surface area contributed by atoms with Crippen molar-refractivity contribution in [3.8, 4) is 0 Å². The Morgan fingerprint density at radius 2 is 2.12 bits per heavy atom. The van der Waals surface area contributed by atoms with Gasteiger partial charge in [0.25, 0.3) is 0 Å². The van der Waals surface area contributed by atoms with Crippen molar-refractivity contribution in [3.63, 3.8) is 0 Å². The van der Waals surface area contributed by atoms with Crippen molar-refractivity contribution < 1.29 is 19.4 Å². The molecule has 1 amide bonds. The van der Waals surface area contributed by atoms with E-state index in [4.69, 9.17) is 21.3 Å². The molecule has 182 valence electrons. The molecule has 0 aromatic carbocycles. The first-order chi connectivity index (χ1) is 16.5. The van der Waals surface area contributed by atoms with Gasteiger partial charge in [-0.25, -0.2) is 19.7 Å². The Labute approximate surface area is 203 Å². The summed E-state index contributed by atoms with van der Waals surface area (Å²) in [5, 5.41) is 15.9. The Bertz CT molecular complexity index is 1030. The number of carbonyl (C=O) groups excluding carboxylic acids is 1. The van der Waals surface area contributed by atoms with Crippen LogP contribution in [0.1, 0.15) is 55.5 Å². The third-order valence-corrected chi connectivity index (χ3v) is 6.66. The zero-order valence-electron chi connectivity index (χ0n) is 19.1. The number of aliphatic carboxylic acids is 1. The molecule has 3 N–H and O–H groups in total. The van der Waals surface area contributed by atoms with Crippen molar-refractivity contribution in [3.05, 3.63) is 46.6 Å². The number of nitrogens with one attached hydrogen (secondary N) is 2. The number of ether oxygens (including phenoxy) is 1. The molecule has 1 fully saturated rings. The van der Waals surface area contributed by atoms with Gasteiger partial charge in [-0.1, -0.05) is 17.7 Å². The molecule has 34 heavy (non-hydrogen) atoms. The van der Waals surface area contributed by atoms with E-state index >= 15 is 0 Å². The number of carboxylic acid groups (broad SMARTS) is 1. The second kappa shape index (κ2) is 11.1. The monoisotopic (exact) mass is 487 g/mol. The molecule has 9 nitrogen and oxygen atoms in total. The maximum absolute atomic E-state index is 12.8. The van der Waals surface area contributed by atoms with Crippen LogP contribution < -0.4 is 10.6 Å². The number of aromatic nitrogens is 3. The fraction of sp³-hybridized carbons (Fsp3) is 0.542. The zero-order chi connectivity index (χ0) is 24.0. The molecule has 2 aromatic heterocycles. The SMILES string of the molecule is O=C(O)[C@H](CCOCCCCc1ccc2c(n1)NCCC2)NC(=O)C1(c2ncncc2Cl)CC1. The highest BCUT2D eigenvalue weighted by atomic mass is 35.5. The largest absolute Gasteiger partial charge is 0.480 e. The number of rotatable bonds is 12. The average Bonchev–Trinajstić information content (AvgIpc) is 3.64. The number of hydrogen-bond acceptors (Lipinski definition) is 7. The fourth-order valence-corrected chi connectivity index (χ4v) is 4.52. The van der Waals surface area contributed by atoms with E-state index in [2.05, 4.69) is 32.7 Å². The van der Waals surface area contributed by atoms with Gasteiger partial charge in [0, 0.05) is 38.1 Å². The first kappa shape index (κ1) is 24.3. The highest BCUT2D eigenvalue weighted by Gasteiger charge is 2.54. The summed E-state index contributed by atoms with van der Waals surface area (Å²) in [6.07, 6.45) is 9.02. The number of unbranched alkanes of at least 4 members (excludes halogenated alkanes) is 1. The lowest BCUT2D eigenvalue weighted by molar-refractivity contribution is -0.142. The van der Waals surface area contributed by atoms with Gasteiger partial charge in [0.1, 0.15) is 18.2 Å². The van der Waals surface area contributed by atoms with Crippen LogP contribution in [0.3, 0.4) is 0 Å². The minimum absolute atomic E-state index is 0.187. The van der Waals surface area contributed by atoms with E-state index < -0.39 is 17.4 Å². The van der Waals surface area contributed by atoms with Crippen LogP contribution in [0, 0.1) is 0 Å². The molecule has 10 heteroatoms. The van der Waals surface area contributed by atoms with Crippen molar-refractivity contribution in [2.75, 3.05) is 25.1 Å². The van der Waals surface area contributed by atoms with Crippen LogP contribution in [0.5, 0.6) is 0 Å². The average molecular weight is 488 g/mol. The van der Waals surface area contributed by atoms with Crippen molar-refractivity contribution in [2.24, 2.45) is 0 Å². The fourth-order valence-electron chi connectivity index (χ4n) is 4.24. The molecular formula is C24H30ClN5O4. The molecule has 0 spiro atoms. The lowest BCUT2D eigenvalue weighted by Gasteiger charge is -2.20. The van der Waals surface area contributed by atoms with Crippen LogP contribution in [0.4, 0.5) is 5.82 Å². The van der Waals surface area contributed by atoms with Crippen LogP contribution in [0.15, 0.2) is 24.7 Å². The molecule has 3 heterocycles. The molecule has 4 rings (SSSR count). The minimum atomic E-state index is -1.09. The third kappa shape index (κ3) is 5.82. The number of hydrogen-bond donors (Lipinski definition) is 3. The van der Waals surface area contributed by atoms with Gasteiger partial charge in [0.2, 0.25) is 5.91 Å². The van der Waals surface area contributed by atoms with Crippen molar-refractivity contribution in [1.82, 2.24) is 20.3 Å². The highest BCUT2D eigenvalue weighted by Crippen LogP contribution is 2.49. The lowest BCUT2D eigenvalue weighted by atomic mass is 10.00. The van der Waals surface area contributed by atoms with Gasteiger partial charge in [-0.3, -0.25) is 4.79 Å². The van der Waals surface area contributed by atoms with E-state index in [0.717, 1.165) is 50.2 Å². The maximum Gasteiger partial charge on any atom is 0.326 e. The summed E-state index contributed by atoms with van der Waals surface area (Å²) in [6, 6.07) is 3.22. The van der Waals surface area contributed by atoms with Gasteiger partial charge in [-0.05, 0) is 56.6 Å². The van der Waals surface area contributed by atoms with E-state index in [9.17, 15) is 14.7 Å². The van der Waals surface area contributed by atoms with Crippen molar-refractivity contribution >= 4 is 29.3 Å². The van der Waals surface area contributed by atoms with Crippen LogP contribution in [0.2, 0.25) is 5.02 Å². The smallest absolute Gasteiger partial charge is 0.326 e. The van der Waals surface area contributed by atoms with Gasteiger partial charge in [-0.2, -0.15) is 0 Å². The molecule has 0 unspecified atom stereocenters. The first-order valence-electron chi connectivity index (χ1n) is 11.8. The van der Waals surface area contributed by atoms with E-state index in [1.165, 1.54) is 18.1 Å². The molecule has 0 bridgehead atoms. The molecule has 1 atom stereocenters. The van der Waals surface area contributed by atoms with E-state index in [1.807, 2.05) is 0 Å². The number of fused-ring (bicyclic) bond motifs is 1. The first-order valence-corrected chi connectivity index (χ1v) is 12.2. The van der Waals surface area contributed by atoms with E-state index in [1.54, 1.807) is 0 Å². The quantitative estimate of drug-likeness (QED) is 0.390. The second-order valence-corrected chi connectivity index (χ2v) is 9.27. The van der Waals surface area contributed by atoms with Gasteiger partial charge in [0.15, 0.2) is 0 Å². The third-order valence-electron chi connectivity index (χ3n) is 6.38. The summed E-state index contributed by atoms with van der Waals surface area (Å²) < 4.78 is 5.64. The Morgan fingerprint density at radius 3 is 2.88 bits per heavy atom. The summed E-state index contributed by atoms with van der Waals surface area (Å²) in [6.45, 7) is 1.76. The molecule has 1 aliphatic carbocycles. The normalized spacial score (nSPS) is 16.7. The highest BCUT2D eigenvalue weighted by molar-refractivity contribution is 6.31. The van der Waals surface area contributed by atoms with Crippen molar-refractivity contribution in [1.29, 1.82) is 0 Å². The number of carbonyl (C=O) groups is 2. The van der Waals surface area contributed by atoms with Crippen LogP contribution >= 0.6 is 11.6 Å². The summed E-state index contributed by atoms with van der Waals surface area (Å²) in [4.78, 5) is 37.2. The summed E-state index contributed by atoms with van der Waals surface area (Å²) in [5.74, 6) is -0.446. The molecule has 2 aromatic rings. The van der Waals surface area contributed by atoms with Crippen molar-refractivity contribution in [2.45, 2.75) is 62.8 Å². The topological polar surface area (TPSA) is 126 Å². The van der Waals surface area contributed by atoms with Gasteiger partial charge in [-0.15, -0.1) is 0 Å². The van der Waals surface area contributed by atoms with Crippen LogP contribution in [0.25, 0.3) is 0 Å². The summed E-state index contributed by atoms with van der Waals surface area (Å²) in [5.41, 5.74) is 1.94. The van der Waals surface area contributed by atoms with Gasteiger partial charge < -0.3 is 20.5 Å². The molecule has 0 saturated heterocycles. The molecule has 1 saturated carbocycles. The number of amides is 1. The number of carboxylic acids is 1. The predicted molar refractivity (Wildman–Crippen MR) is 127 cm³/mol. The Morgan fingerprint density at radius 1 is 1.26 bits per heavy atom. The van der Waals surface area contributed by atoms with E-state index in [0.29, 0.717) is 30.2 Å². The minimum Gasteiger partial charge on any atom is -0.480 e. The van der Waals surface area contributed by atoms with Crippen LogP contribution in [-0.4, -0.2) is 57.7 Å². The van der Waals surface area contributed by atoms with E-state index in [-0.39, 0.29) is 18.9 Å². The standard InChI is InChI=1S/C24H30ClN5O4/c25-18-14-26-15-28-20(18)24(9-10-24)23(33)30-19(22(31)32)8-13-34-12-2-1-5-17-7-6-16-4-3-11-27-21(16)29-17/h6-7,14-15,19H,1-5,8-13H2,(H,27,29)(H,30,33)(H,31,32)/t19-/m0/s1. The number of halogens is 1. The molecular weight excluding hydrogens is 458 g/mol. The molecule has 0 radical (unpaired) electrons. The summed E-state index contributed by atoms with van der Waals surface area (Å²) in [7, 11) is 0. The van der Waals surface area contributed by atoms with Crippen LogP contribution in [-0.2, 0) is 32.6 Å². The number of anilines is 1. The number of aryl methyl sites for hydroxylation is 2. The number of pyridine rings is 1. The van der Waals surface area contributed by atoms with Gasteiger partial charge >= 0.3 is 5.97 Å². The Hall–Kier alpha value is -2.78. The second-order valence-electron chi connectivity index (χ2n) is 8.86. The maximum atomic E-state index is 12.8.